The van der Waals surface area contributed by atoms with Gasteiger partial charge in [0.25, 0.3) is 0 Å². The lowest BCUT2D eigenvalue weighted by atomic mass is 9.91. The summed E-state index contributed by atoms with van der Waals surface area (Å²) >= 11 is 0. The van der Waals surface area contributed by atoms with Crippen molar-refractivity contribution in [3.8, 4) is 11.9 Å². The first kappa shape index (κ1) is 27.4. The van der Waals surface area contributed by atoms with Gasteiger partial charge in [0, 0.05) is 24.9 Å². The Morgan fingerprint density at radius 2 is 1.67 bits per heavy atom. The summed E-state index contributed by atoms with van der Waals surface area (Å²) in [6.07, 6.45) is -2.29. The molecule has 1 saturated heterocycles. The van der Waals surface area contributed by atoms with E-state index in [1.54, 1.807) is 41.5 Å². The Morgan fingerprint density at radius 1 is 1.08 bits per heavy atom. The quantitative estimate of drug-likeness (QED) is 0.575. The fourth-order valence-electron chi connectivity index (χ4n) is 3.83. The number of hydrogen-bond donors (Lipinski definition) is 0. The van der Waals surface area contributed by atoms with Crippen molar-refractivity contribution in [2.45, 2.75) is 96.5 Å². The molecular formula is C24H33F2N5O5. The SMILES string of the molecule is CC(C)(C)OC(=O)N1CC(Oc2cc(N(C(=O)OC(C)(C)C)C3CCC(F)(F)CC3)nc(C#N)n2)C1. The number of carbonyl (C=O) groups is 2. The highest BCUT2D eigenvalue weighted by atomic mass is 19.3. The van der Waals surface area contributed by atoms with Crippen LogP contribution in [-0.2, 0) is 9.47 Å². The van der Waals surface area contributed by atoms with Crippen LogP contribution in [0.25, 0.3) is 0 Å². The minimum atomic E-state index is -2.79. The Bertz CT molecular complexity index is 1020. The number of anilines is 1. The van der Waals surface area contributed by atoms with Gasteiger partial charge < -0.3 is 19.1 Å². The van der Waals surface area contributed by atoms with Crippen LogP contribution in [0.4, 0.5) is 24.2 Å². The summed E-state index contributed by atoms with van der Waals surface area (Å²) in [7, 11) is 0. The molecule has 2 fully saturated rings. The number of alkyl halides is 2. The standard InChI is InChI=1S/C24H33F2N5O5/c1-22(2,3)35-20(32)30-13-16(14-30)34-19-11-18(28-17(12-27)29-19)31(21(33)36-23(4,5)6)15-7-9-24(25,26)10-8-15/h11,15-16H,7-10,13-14H2,1-6H3. The van der Waals surface area contributed by atoms with Gasteiger partial charge in [-0.3, -0.25) is 4.90 Å². The van der Waals surface area contributed by atoms with Crippen LogP contribution >= 0.6 is 0 Å². The van der Waals surface area contributed by atoms with Crippen LogP contribution in [0.2, 0.25) is 0 Å². The average molecular weight is 510 g/mol. The number of halogens is 2. The molecule has 36 heavy (non-hydrogen) atoms. The number of likely N-dealkylation sites (tertiary alicyclic amines) is 1. The van der Waals surface area contributed by atoms with Crippen molar-refractivity contribution < 1.29 is 32.6 Å². The first-order valence-electron chi connectivity index (χ1n) is 11.9. The Labute approximate surface area is 209 Å². The maximum atomic E-state index is 13.8. The smallest absolute Gasteiger partial charge is 0.416 e. The van der Waals surface area contributed by atoms with Gasteiger partial charge >= 0.3 is 12.2 Å². The van der Waals surface area contributed by atoms with Crippen LogP contribution < -0.4 is 9.64 Å². The Kier molecular flexibility index (Phi) is 7.62. The molecule has 2 amide bonds. The Morgan fingerprint density at radius 3 is 2.19 bits per heavy atom. The molecular weight excluding hydrogens is 476 g/mol. The summed E-state index contributed by atoms with van der Waals surface area (Å²) in [6, 6.07) is 2.63. The van der Waals surface area contributed by atoms with E-state index in [0.29, 0.717) is 0 Å². The molecule has 0 unspecified atom stereocenters. The number of amides is 2. The lowest BCUT2D eigenvalue weighted by Crippen LogP contribution is -2.57. The molecule has 10 nitrogen and oxygen atoms in total. The summed E-state index contributed by atoms with van der Waals surface area (Å²) in [5.41, 5.74) is -1.46. The maximum absolute atomic E-state index is 13.8. The van der Waals surface area contributed by atoms with Gasteiger partial charge in [0.15, 0.2) is 0 Å². The molecule has 3 rings (SSSR count). The van der Waals surface area contributed by atoms with Crippen LogP contribution in [0.3, 0.4) is 0 Å². The van der Waals surface area contributed by atoms with Crippen LogP contribution in [0.1, 0.15) is 73.1 Å². The van der Waals surface area contributed by atoms with Gasteiger partial charge in [-0.1, -0.05) is 0 Å². The first-order chi connectivity index (χ1) is 16.5. The minimum absolute atomic E-state index is 0.0279. The highest BCUT2D eigenvalue weighted by Gasteiger charge is 2.41. The molecule has 1 aromatic heterocycles. The van der Waals surface area contributed by atoms with E-state index >= 15 is 0 Å². The van der Waals surface area contributed by atoms with Gasteiger partial charge in [-0.15, -0.1) is 0 Å². The van der Waals surface area contributed by atoms with E-state index in [1.165, 1.54) is 15.9 Å². The molecule has 0 radical (unpaired) electrons. The van der Waals surface area contributed by atoms with Crippen molar-refractivity contribution in [3.63, 3.8) is 0 Å². The van der Waals surface area contributed by atoms with Gasteiger partial charge in [-0.05, 0) is 54.4 Å². The number of rotatable bonds is 4. The van der Waals surface area contributed by atoms with Gasteiger partial charge in [0.05, 0.1) is 13.1 Å². The molecule has 12 heteroatoms. The molecule has 1 aromatic rings. The number of hydrogen-bond acceptors (Lipinski definition) is 8. The second-order valence-corrected chi connectivity index (χ2v) is 11.1. The summed E-state index contributed by atoms with van der Waals surface area (Å²) in [4.78, 5) is 36.2. The summed E-state index contributed by atoms with van der Waals surface area (Å²) in [5.74, 6) is -2.98. The van der Waals surface area contributed by atoms with Crippen molar-refractivity contribution in [3.05, 3.63) is 11.9 Å². The predicted molar refractivity (Wildman–Crippen MR) is 125 cm³/mol. The molecule has 0 bridgehead atoms. The maximum Gasteiger partial charge on any atom is 0.416 e. The number of nitrogens with zero attached hydrogens (tertiary/aromatic N) is 5. The number of aromatic nitrogens is 2. The zero-order valence-electron chi connectivity index (χ0n) is 21.5. The summed E-state index contributed by atoms with van der Waals surface area (Å²) in [5, 5.41) is 9.47. The first-order valence-corrected chi connectivity index (χ1v) is 11.9. The van der Waals surface area contributed by atoms with Gasteiger partial charge in [-0.25, -0.2) is 23.4 Å². The van der Waals surface area contributed by atoms with E-state index in [4.69, 9.17) is 14.2 Å². The van der Waals surface area contributed by atoms with E-state index in [9.17, 15) is 23.6 Å². The third kappa shape index (κ3) is 7.38. The highest BCUT2D eigenvalue weighted by Crippen LogP contribution is 2.37. The van der Waals surface area contributed by atoms with Crippen molar-refractivity contribution in [1.29, 1.82) is 5.26 Å². The van der Waals surface area contributed by atoms with Gasteiger partial charge in [0.2, 0.25) is 17.6 Å². The highest BCUT2D eigenvalue weighted by molar-refractivity contribution is 5.87. The second kappa shape index (κ2) is 10.0. The number of carbonyl (C=O) groups excluding carboxylic acids is 2. The molecule has 0 atom stereocenters. The van der Waals surface area contributed by atoms with E-state index in [0.717, 1.165) is 0 Å². The average Bonchev–Trinajstić information content (AvgIpc) is 2.69. The van der Waals surface area contributed by atoms with Crippen LogP contribution in [0.5, 0.6) is 5.88 Å². The lowest BCUT2D eigenvalue weighted by molar-refractivity contribution is -0.0388. The largest absolute Gasteiger partial charge is 0.470 e. The molecule has 0 spiro atoms. The molecule has 198 valence electrons. The lowest BCUT2D eigenvalue weighted by Gasteiger charge is -2.39. The van der Waals surface area contributed by atoms with E-state index in [2.05, 4.69) is 9.97 Å². The van der Waals surface area contributed by atoms with Crippen molar-refractivity contribution >= 4 is 18.0 Å². The van der Waals surface area contributed by atoms with Crippen LogP contribution in [0.15, 0.2) is 6.07 Å². The van der Waals surface area contributed by atoms with Crippen LogP contribution in [0, 0.1) is 11.3 Å². The Balaban J connectivity index is 1.80. The fourth-order valence-corrected chi connectivity index (χ4v) is 3.83. The molecule has 0 N–H and O–H groups in total. The van der Waals surface area contributed by atoms with E-state index < -0.39 is 41.5 Å². The molecule has 2 heterocycles. The van der Waals surface area contributed by atoms with E-state index in [1.807, 2.05) is 6.07 Å². The minimum Gasteiger partial charge on any atom is -0.470 e. The molecule has 2 aliphatic rings. The normalized spacial score (nSPS) is 18.6. The fraction of sp³-hybridized carbons (Fsp3) is 0.708. The third-order valence-electron chi connectivity index (χ3n) is 5.47. The zero-order chi connectivity index (χ0) is 26.9. The summed E-state index contributed by atoms with van der Waals surface area (Å²) < 4.78 is 44.3. The number of ether oxygens (including phenoxy) is 3. The van der Waals surface area contributed by atoms with E-state index in [-0.39, 0.29) is 56.3 Å². The van der Waals surface area contributed by atoms with Gasteiger partial charge in [0.1, 0.15) is 29.2 Å². The topological polar surface area (TPSA) is 118 Å². The monoisotopic (exact) mass is 509 g/mol. The van der Waals surface area contributed by atoms with Crippen molar-refractivity contribution in [2.75, 3.05) is 18.0 Å². The zero-order valence-corrected chi connectivity index (χ0v) is 21.5. The molecule has 0 aromatic carbocycles. The number of nitriles is 1. The van der Waals surface area contributed by atoms with Crippen molar-refractivity contribution in [1.82, 2.24) is 14.9 Å². The summed E-state index contributed by atoms with van der Waals surface area (Å²) in [6.45, 7) is 10.9. The second-order valence-electron chi connectivity index (χ2n) is 11.1. The molecule has 1 aliphatic carbocycles. The molecule has 1 saturated carbocycles. The van der Waals surface area contributed by atoms with Crippen molar-refractivity contribution in [2.24, 2.45) is 0 Å². The third-order valence-corrected chi connectivity index (χ3v) is 5.47. The van der Waals surface area contributed by atoms with Gasteiger partial charge in [-0.2, -0.15) is 10.2 Å². The molecule has 1 aliphatic heterocycles. The Hall–Kier alpha value is -3.23. The predicted octanol–water partition coefficient (Wildman–Crippen LogP) is 4.67. The van der Waals surface area contributed by atoms with Crippen LogP contribution in [-0.4, -0.2) is 69.4 Å².